The summed E-state index contributed by atoms with van der Waals surface area (Å²) >= 11 is 0. The van der Waals surface area contributed by atoms with E-state index in [0.717, 1.165) is 36.5 Å². The van der Waals surface area contributed by atoms with Crippen LogP contribution in [0.4, 0.5) is 0 Å². The minimum absolute atomic E-state index is 0.0264. The molecule has 0 radical (unpaired) electrons. The molecule has 2 atom stereocenters. The number of hydrogen-bond donors (Lipinski definition) is 2. The van der Waals surface area contributed by atoms with Crippen LogP contribution in [0.3, 0.4) is 0 Å². The van der Waals surface area contributed by atoms with E-state index in [0.29, 0.717) is 38.5 Å². The fourth-order valence-corrected chi connectivity index (χ4v) is 5.19. The van der Waals surface area contributed by atoms with Gasteiger partial charge < -0.3 is 20.3 Å². The Balaban J connectivity index is 1.40. The Labute approximate surface area is 244 Å². The number of benzene rings is 3. The molecule has 2 amide bonds. The lowest BCUT2D eigenvalue weighted by atomic mass is 10.0. The van der Waals surface area contributed by atoms with E-state index >= 15 is 0 Å². The molecule has 0 spiro atoms. The van der Waals surface area contributed by atoms with E-state index in [4.69, 9.17) is 4.74 Å². The van der Waals surface area contributed by atoms with Crippen LogP contribution >= 0.6 is 0 Å². The molecule has 2 N–H and O–H groups in total. The first-order valence-corrected chi connectivity index (χ1v) is 14.7. The molecule has 0 unspecified atom stereocenters. The Bertz CT molecular complexity index is 1210. The predicted molar refractivity (Wildman–Crippen MR) is 163 cm³/mol. The maximum absolute atomic E-state index is 13.8. The Morgan fingerprint density at radius 1 is 0.780 bits per heavy atom. The monoisotopic (exact) mass is 556 g/mol. The minimum atomic E-state index is -0.637. The van der Waals surface area contributed by atoms with Gasteiger partial charge in [-0.05, 0) is 48.2 Å². The molecular weight excluding hydrogens is 512 g/mol. The van der Waals surface area contributed by atoms with Crippen molar-refractivity contribution in [1.82, 2.24) is 20.4 Å². The normalized spacial score (nSPS) is 15.4. The molecule has 0 aromatic heterocycles. The highest BCUT2D eigenvalue weighted by Gasteiger charge is 2.30. The van der Waals surface area contributed by atoms with E-state index in [9.17, 15) is 9.59 Å². The summed E-state index contributed by atoms with van der Waals surface area (Å²) in [6.07, 6.45) is 1.13. The van der Waals surface area contributed by atoms with Gasteiger partial charge in [0.1, 0.15) is 18.4 Å². The van der Waals surface area contributed by atoms with Gasteiger partial charge in [-0.25, -0.2) is 0 Å². The molecule has 4 rings (SSSR count). The fraction of sp³-hybridized carbons (Fsp3) is 0.412. The van der Waals surface area contributed by atoms with E-state index in [-0.39, 0.29) is 17.9 Å². The molecule has 0 saturated carbocycles. The van der Waals surface area contributed by atoms with Crippen molar-refractivity contribution in [3.63, 3.8) is 0 Å². The second kappa shape index (κ2) is 15.4. The molecule has 218 valence electrons. The third kappa shape index (κ3) is 9.44. The van der Waals surface area contributed by atoms with Crippen molar-refractivity contribution < 1.29 is 14.3 Å². The number of ether oxygens (including phenoxy) is 1. The lowest BCUT2D eigenvalue weighted by molar-refractivity contribution is -0.138. The van der Waals surface area contributed by atoms with Crippen LogP contribution < -0.4 is 15.4 Å². The zero-order valence-corrected chi connectivity index (χ0v) is 24.6. The van der Waals surface area contributed by atoms with E-state index in [1.54, 1.807) is 7.05 Å². The predicted octanol–water partition coefficient (Wildman–Crippen LogP) is 4.27. The summed E-state index contributed by atoms with van der Waals surface area (Å²) in [6.45, 7) is 8.46. The van der Waals surface area contributed by atoms with Crippen LogP contribution in [0.5, 0.6) is 5.75 Å². The molecule has 1 aliphatic heterocycles. The maximum Gasteiger partial charge on any atom is 0.245 e. The molecular formula is C34H44N4O3. The first-order valence-electron chi connectivity index (χ1n) is 14.7. The minimum Gasteiger partial charge on any atom is -0.489 e. The van der Waals surface area contributed by atoms with Gasteiger partial charge in [-0.15, -0.1) is 0 Å². The summed E-state index contributed by atoms with van der Waals surface area (Å²) in [5.74, 6) is 0.964. The number of carbonyl (C=O) groups is 2. The standard InChI is InChI=1S/C34H44N4O3/c1-26(2)22-31(35-3)33(39)36-32(23-27-14-16-30(17-15-27)41-25-29-12-8-5-9-13-29)34(40)38-20-18-37(19-21-38)24-28-10-6-4-7-11-28/h4-17,26,31-32,35H,18-25H2,1-3H3,(H,36,39)/t31-,32-/m0/s1. The van der Waals surface area contributed by atoms with Crippen LogP contribution in [-0.4, -0.2) is 66.9 Å². The van der Waals surface area contributed by atoms with E-state index < -0.39 is 6.04 Å². The molecule has 1 heterocycles. The van der Waals surface area contributed by atoms with Crippen molar-refractivity contribution in [1.29, 1.82) is 0 Å². The van der Waals surface area contributed by atoms with Crippen molar-refractivity contribution in [3.05, 3.63) is 102 Å². The Morgan fingerprint density at radius 3 is 1.98 bits per heavy atom. The number of carbonyl (C=O) groups excluding carboxylic acids is 2. The van der Waals surface area contributed by atoms with Crippen LogP contribution in [-0.2, 0) is 29.2 Å². The van der Waals surface area contributed by atoms with Crippen LogP contribution in [0.25, 0.3) is 0 Å². The van der Waals surface area contributed by atoms with Crippen molar-refractivity contribution in [2.45, 2.75) is 51.9 Å². The molecule has 0 aliphatic carbocycles. The quantitative estimate of drug-likeness (QED) is 0.329. The smallest absolute Gasteiger partial charge is 0.245 e. The number of nitrogens with zero attached hydrogens (tertiary/aromatic N) is 2. The van der Waals surface area contributed by atoms with Crippen LogP contribution in [0.15, 0.2) is 84.9 Å². The molecule has 7 heteroatoms. The van der Waals surface area contributed by atoms with Gasteiger partial charge in [0.05, 0.1) is 6.04 Å². The summed E-state index contributed by atoms with van der Waals surface area (Å²) in [4.78, 5) is 31.3. The zero-order chi connectivity index (χ0) is 29.0. The van der Waals surface area contributed by atoms with Gasteiger partial charge in [0.15, 0.2) is 0 Å². The SMILES string of the molecule is CN[C@@H](CC(C)C)C(=O)N[C@@H](Cc1ccc(OCc2ccccc2)cc1)C(=O)N1CCN(Cc2ccccc2)CC1. The highest BCUT2D eigenvalue weighted by molar-refractivity contribution is 5.90. The van der Waals surface area contributed by atoms with Gasteiger partial charge in [-0.2, -0.15) is 0 Å². The van der Waals surface area contributed by atoms with Gasteiger partial charge in [-0.1, -0.05) is 86.6 Å². The Hall–Kier alpha value is -3.68. The topological polar surface area (TPSA) is 73.9 Å². The van der Waals surface area contributed by atoms with Gasteiger partial charge in [0, 0.05) is 39.1 Å². The average molecular weight is 557 g/mol. The number of hydrogen-bond acceptors (Lipinski definition) is 5. The Morgan fingerprint density at radius 2 is 1.39 bits per heavy atom. The number of rotatable bonds is 13. The summed E-state index contributed by atoms with van der Waals surface area (Å²) in [5, 5.41) is 6.22. The first kappa shape index (κ1) is 30.3. The van der Waals surface area contributed by atoms with Gasteiger partial charge >= 0.3 is 0 Å². The number of piperazine rings is 1. The van der Waals surface area contributed by atoms with Crippen molar-refractivity contribution >= 4 is 11.8 Å². The number of nitrogens with one attached hydrogen (secondary N) is 2. The average Bonchev–Trinajstić information content (AvgIpc) is 3.00. The van der Waals surface area contributed by atoms with Crippen molar-refractivity contribution in [3.8, 4) is 5.75 Å². The number of likely N-dealkylation sites (N-methyl/N-ethyl adjacent to an activating group) is 1. The highest BCUT2D eigenvalue weighted by Crippen LogP contribution is 2.17. The van der Waals surface area contributed by atoms with Crippen molar-refractivity contribution in [2.24, 2.45) is 5.92 Å². The Kier molecular flexibility index (Phi) is 11.3. The number of amides is 2. The second-order valence-corrected chi connectivity index (χ2v) is 11.2. The highest BCUT2D eigenvalue weighted by atomic mass is 16.5. The summed E-state index contributed by atoms with van der Waals surface area (Å²) in [6, 6.07) is 27.3. The van der Waals surface area contributed by atoms with E-state index in [2.05, 4.69) is 53.6 Å². The molecule has 1 fully saturated rings. The van der Waals surface area contributed by atoms with Gasteiger partial charge in [0.2, 0.25) is 11.8 Å². The molecule has 0 bridgehead atoms. The molecule has 3 aromatic rings. The van der Waals surface area contributed by atoms with Crippen LogP contribution in [0, 0.1) is 5.92 Å². The summed E-state index contributed by atoms with van der Waals surface area (Å²) in [7, 11) is 1.80. The molecule has 1 aliphatic rings. The van der Waals surface area contributed by atoms with Crippen LogP contribution in [0.2, 0.25) is 0 Å². The second-order valence-electron chi connectivity index (χ2n) is 11.2. The fourth-order valence-electron chi connectivity index (χ4n) is 5.19. The van der Waals surface area contributed by atoms with Gasteiger partial charge in [-0.3, -0.25) is 14.5 Å². The lowest BCUT2D eigenvalue weighted by Crippen LogP contribution is -2.57. The van der Waals surface area contributed by atoms with Gasteiger partial charge in [0.25, 0.3) is 0 Å². The molecule has 7 nitrogen and oxygen atoms in total. The largest absolute Gasteiger partial charge is 0.489 e. The third-order valence-electron chi connectivity index (χ3n) is 7.53. The third-order valence-corrected chi connectivity index (χ3v) is 7.53. The lowest BCUT2D eigenvalue weighted by Gasteiger charge is -2.37. The molecule has 3 aromatic carbocycles. The molecule has 41 heavy (non-hydrogen) atoms. The zero-order valence-electron chi connectivity index (χ0n) is 24.6. The van der Waals surface area contributed by atoms with E-state index in [1.807, 2.05) is 65.6 Å². The first-order chi connectivity index (χ1) is 19.9. The summed E-state index contributed by atoms with van der Waals surface area (Å²) < 4.78 is 5.94. The summed E-state index contributed by atoms with van der Waals surface area (Å²) in [5.41, 5.74) is 3.36. The molecule has 1 saturated heterocycles. The van der Waals surface area contributed by atoms with E-state index in [1.165, 1.54) is 5.56 Å². The maximum atomic E-state index is 13.8. The van der Waals surface area contributed by atoms with Crippen molar-refractivity contribution in [2.75, 3.05) is 33.2 Å². The van der Waals surface area contributed by atoms with Crippen LogP contribution in [0.1, 0.15) is 37.0 Å².